The van der Waals surface area contributed by atoms with Gasteiger partial charge in [-0.15, -0.1) is 5.10 Å². The lowest BCUT2D eigenvalue weighted by molar-refractivity contribution is -0.113. The van der Waals surface area contributed by atoms with Gasteiger partial charge >= 0.3 is 6.61 Å². The van der Waals surface area contributed by atoms with E-state index in [4.69, 9.17) is 11.6 Å². The molecule has 0 radical (unpaired) electrons. The van der Waals surface area contributed by atoms with E-state index in [1.807, 2.05) is 0 Å². The Morgan fingerprint density at radius 1 is 1.37 bits per heavy atom. The number of anilines is 1. The van der Waals surface area contributed by atoms with E-state index in [1.165, 1.54) is 36.4 Å². The number of rotatable bonds is 7. The van der Waals surface area contributed by atoms with Crippen LogP contribution < -0.4 is 10.1 Å². The standard InChI is InChI=1S/C16H18ClF2N5O2S/c17-12-8-10(6-7-13(12)26-15(18)19)20-14(25)9-27-16-21-22-23-24(16)11-4-2-1-3-5-11/h6-8,11,15H,1-5,9H2,(H,20,25). The molecule has 1 fully saturated rings. The van der Waals surface area contributed by atoms with Gasteiger partial charge in [-0.2, -0.15) is 8.78 Å². The quantitative estimate of drug-likeness (QED) is 0.681. The highest BCUT2D eigenvalue weighted by Crippen LogP contribution is 2.31. The van der Waals surface area contributed by atoms with Gasteiger partial charge in [0, 0.05) is 5.69 Å². The van der Waals surface area contributed by atoms with Gasteiger partial charge in [0.15, 0.2) is 0 Å². The summed E-state index contributed by atoms with van der Waals surface area (Å²) in [5.74, 6) is -0.317. The molecule has 1 aromatic heterocycles. The van der Waals surface area contributed by atoms with Crippen molar-refractivity contribution >= 4 is 35.0 Å². The number of nitrogens with one attached hydrogen (secondary N) is 1. The van der Waals surface area contributed by atoms with Gasteiger partial charge in [0.2, 0.25) is 11.1 Å². The molecule has 1 saturated carbocycles. The second-order valence-electron chi connectivity index (χ2n) is 6.06. The van der Waals surface area contributed by atoms with Gasteiger partial charge in [0.1, 0.15) is 5.75 Å². The minimum Gasteiger partial charge on any atom is -0.433 e. The zero-order valence-electron chi connectivity index (χ0n) is 14.3. The minimum atomic E-state index is -2.96. The maximum Gasteiger partial charge on any atom is 0.387 e. The van der Waals surface area contributed by atoms with E-state index in [9.17, 15) is 13.6 Å². The van der Waals surface area contributed by atoms with Gasteiger partial charge < -0.3 is 10.1 Å². The maximum absolute atomic E-state index is 12.2. The fourth-order valence-electron chi connectivity index (χ4n) is 2.93. The lowest BCUT2D eigenvalue weighted by atomic mass is 9.96. The fourth-order valence-corrected chi connectivity index (χ4v) is 3.90. The highest BCUT2D eigenvalue weighted by molar-refractivity contribution is 7.99. The third-order valence-corrected chi connectivity index (χ3v) is 5.38. The number of nitrogens with zero attached hydrogens (tertiary/aromatic N) is 4. The Morgan fingerprint density at radius 2 is 2.15 bits per heavy atom. The predicted molar refractivity (Wildman–Crippen MR) is 97.4 cm³/mol. The Bertz CT molecular complexity index is 786. The molecule has 7 nitrogen and oxygen atoms in total. The molecule has 2 aromatic rings. The van der Waals surface area contributed by atoms with Crippen LogP contribution in [-0.4, -0.2) is 38.5 Å². The van der Waals surface area contributed by atoms with E-state index in [0.29, 0.717) is 10.8 Å². The van der Waals surface area contributed by atoms with Crippen molar-refractivity contribution in [2.75, 3.05) is 11.1 Å². The lowest BCUT2D eigenvalue weighted by Crippen LogP contribution is -2.17. The van der Waals surface area contributed by atoms with Gasteiger partial charge in [0.25, 0.3) is 0 Å². The zero-order chi connectivity index (χ0) is 19.2. The van der Waals surface area contributed by atoms with Crippen LogP contribution >= 0.6 is 23.4 Å². The number of halogens is 3. The van der Waals surface area contributed by atoms with Crippen molar-refractivity contribution in [3.05, 3.63) is 23.2 Å². The molecule has 146 valence electrons. The number of ether oxygens (including phenoxy) is 1. The van der Waals surface area contributed by atoms with Crippen molar-refractivity contribution in [2.24, 2.45) is 0 Å². The second-order valence-corrected chi connectivity index (χ2v) is 7.41. The third kappa shape index (κ3) is 5.52. The van der Waals surface area contributed by atoms with Gasteiger partial charge in [-0.05, 0) is 41.5 Å². The number of amides is 1. The molecule has 0 spiro atoms. The summed E-state index contributed by atoms with van der Waals surface area (Å²) in [4.78, 5) is 12.2. The average molecular weight is 418 g/mol. The summed E-state index contributed by atoms with van der Waals surface area (Å²) in [6, 6.07) is 4.35. The van der Waals surface area contributed by atoms with Crippen LogP contribution in [0.3, 0.4) is 0 Å². The van der Waals surface area contributed by atoms with Crippen LogP contribution in [0.5, 0.6) is 5.75 Å². The number of thioether (sulfide) groups is 1. The zero-order valence-corrected chi connectivity index (χ0v) is 15.8. The number of carbonyl (C=O) groups excluding carboxylic acids is 1. The first-order valence-corrected chi connectivity index (χ1v) is 9.84. The fraction of sp³-hybridized carbons (Fsp3) is 0.500. The van der Waals surface area contributed by atoms with Crippen molar-refractivity contribution in [3.63, 3.8) is 0 Å². The van der Waals surface area contributed by atoms with E-state index in [2.05, 4.69) is 25.6 Å². The first-order chi connectivity index (χ1) is 13.0. The highest BCUT2D eigenvalue weighted by Gasteiger charge is 2.21. The molecule has 1 aliphatic rings. The number of hydrogen-bond donors (Lipinski definition) is 1. The summed E-state index contributed by atoms with van der Waals surface area (Å²) >= 11 is 7.13. The molecule has 1 aliphatic carbocycles. The Kier molecular flexibility index (Phi) is 6.84. The molecule has 0 saturated heterocycles. The van der Waals surface area contributed by atoms with Crippen molar-refractivity contribution in [3.8, 4) is 5.75 Å². The SMILES string of the molecule is O=C(CSc1nnnn1C1CCCCC1)Nc1ccc(OC(F)F)c(Cl)c1. The molecule has 0 unspecified atom stereocenters. The highest BCUT2D eigenvalue weighted by atomic mass is 35.5. The molecule has 11 heteroatoms. The first-order valence-electron chi connectivity index (χ1n) is 8.48. The summed E-state index contributed by atoms with van der Waals surface area (Å²) < 4.78 is 30.5. The summed E-state index contributed by atoms with van der Waals surface area (Å²) in [6.07, 6.45) is 5.61. The average Bonchev–Trinajstić information content (AvgIpc) is 3.11. The summed E-state index contributed by atoms with van der Waals surface area (Å²) in [5.41, 5.74) is 0.388. The summed E-state index contributed by atoms with van der Waals surface area (Å²) in [7, 11) is 0. The maximum atomic E-state index is 12.2. The molecule has 1 N–H and O–H groups in total. The van der Waals surface area contributed by atoms with Crippen LogP contribution in [0.1, 0.15) is 38.1 Å². The van der Waals surface area contributed by atoms with Gasteiger partial charge in [-0.1, -0.05) is 42.6 Å². The predicted octanol–water partition coefficient (Wildman–Crippen LogP) is 4.16. The minimum absolute atomic E-state index is 0.0120. The molecule has 27 heavy (non-hydrogen) atoms. The largest absolute Gasteiger partial charge is 0.433 e. The van der Waals surface area contributed by atoms with Crippen LogP contribution in [0.25, 0.3) is 0 Å². The molecule has 0 bridgehead atoms. The smallest absolute Gasteiger partial charge is 0.387 e. The Hall–Kier alpha value is -1.94. The van der Waals surface area contributed by atoms with Gasteiger partial charge in [0.05, 0.1) is 16.8 Å². The van der Waals surface area contributed by atoms with E-state index in [1.54, 1.807) is 4.68 Å². The van der Waals surface area contributed by atoms with E-state index in [-0.39, 0.29) is 28.5 Å². The van der Waals surface area contributed by atoms with E-state index in [0.717, 1.165) is 25.7 Å². The molecule has 0 atom stereocenters. The van der Waals surface area contributed by atoms with Crippen molar-refractivity contribution in [1.82, 2.24) is 20.2 Å². The normalized spacial score (nSPS) is 15.1. The number of carbonyl (C=O) groups is 1. The van der Waals surface area contributed by atoms with E-state index >= 15 is 0 Å². The Balaban J connectivity index is 1.54. The summed E-state index contributed by atoms with van der Waals surface area (Å²) in [6.45, 7) is -2.96. The number of tetrazole rings is 1. The molecule has 3 rings (SSSR count). The van der Waals surface area contributed by atoms with Crippen LogP contribution in [0.15, 0.2) is 23.4 Å². The number of hydrogen-bond acceptors (Lipinski definition) is 6. The lowest BCUT2D eigenvalue weighted by Gasteiger charge is -2.21. The van der Waals surface area contributed by atoms with Crippen LogP contribution in [0, 0.1) is 0 Å². The van der Waals surface area contributed by atoms with Crippen molar-refractivity contribution in [2.45, 2.75) is 49.9 Å². The topological polar surface area (TPSA) is 81.9 Å². The van der Waals surface area contributed by atoms with Gasteiger partial charge in [-0.25, -0.2) is 4.68 Å². The number of alkyl halides is 2. The number of benzene rings is 1. The molecular formula is C16H18ClF2N5O2S. The van der Waals surface area contributed by atoms with Crippen molar-refractivity contribution < 1.29 is 18.3 Å². The Morgan fingerprint density at radius 3 is 2.85 bits per heavy atom. The van der Waals surface area contributed by atoms with Crippen LogP contribution in [0.2, 0.25) is 5.02 Å². The van der Waals surface area contributed by atoms with Crippen LogP contribution in [0.4, 0.5) is 14.5 Å². The monoisotopic (exact) mass is 417 g/mol. The molecule has 1 amide bonds. The third-order valence-electron chi connectivity index (χ3n) is 4.15. The molecule has 0 aliphatic heterocycles. The Labute approximate surface area is 163 Å². The number of aromatic nitrogens is 4. The van der Waals surface area contributed by atoms with Crippen molar-refractivity contribution in [1.29, 1.82) is 0 Å². The second kappa shape index (κ2) is 9.32. The van der Waals surface area contributed by atoms with E-state index < -0.39 is 6.61 Å². The van der Waals surface area contributed by atoms with Gasteiger partial charge in [-0.3, -0.25) is 4.79 Å². The van der Waals surface area contributed by atoms with Crippen LogP contribution in [-0.2, 0) is 4.79 Å². The first kappa shape index (κ1) is 19.8. The summed E-state index contributed by atoms with van der Waals surface area (Å²) in [5, 5.41) is 15.0. The molecule has 1 aromatic carbocycles. The molecule has 1 heterocycles. The molecular weight excluding hydrogens is 400 g/mol.